The number of rotatable bonds is 4. The monoisotopic (exact) mass is 426 g/mol. The molecule has 148 valence electrons. The maximum atomic E-state index is 12.4. The summed E-state index contributed by atoms with van der Waals surface area (Å²) < 4.78 is 5.80. The van der Waals surface area contributed by atoms with Gasteiger partial charge in [0.2, 0.25) is 0 Å². The van der Waals surface area contributed by atoms with Crippen LogP contribution in [-0.2, 0) is 9.53 Å². The first-order valence-electron chi connectivity index (χ1n) is 10.7. The average Bonchev–Trinajstić information content (AvgIpc) is 3.05. The Balaban J connectivity index is 1.59. The third-order valence-corrected chi connectivity index (χ3v) is 9.48. The molecule has 8 atom stereocenters. The van der Waals surface area contributed by atoms with Crippen LogP contribution in [0.4, 0.5) is 0 Å². The van der Waals surface area contributed by atoms with E-state index < -0.39 is 5.60 Å². The smallest absolute Gasteiger partial charge is 0.146 e. The van der Waals surface area contributed by atoms with Crippen LogP contribution in [0.2, 0.25) is 0 Å². The molecule has 4 rings (SSSR count). The fourth-order valence-electron chi connectivity index (χ4n) is 7.94. The van der Waals surface area contributed by atoms with Gasteiger partial charge in [-0.1, -0.05) is 15.9 Å². The van der Waals surface area contributed by atoms with Crippen LogP contribution in [0.15, 0.2) is 0 Å². The van der Waals surface area contributed by atoms with Crippen molar-refractivity contribution in [2.75, 3.05) is 19.0 Å². The molecule has 0 aliphatic heterocycles. The van der Waals surface area contributed by atoms with Crippen LogP contribution in [-0.4, -0.2) is 35.5 Å². The first-order chi connectivity index (χ1) is 12.4. The van der Waals surface area contributed by atoms with E-state index in [4.69, 9.17) is 4.74 Å². The van der Waals surface area contributed by atoms with Gasteiger partial charge in [-0.3, -0.25) is 4.79 Å². The SMILES string of the molecule is COCC12CCC(C)(O)CC1CCC1C3CCC(C(=O)CBr)C3CCC12. The summed E-state index contributed by atoms with van der Waals surface area (Å²) in [6.45, 7) is 2.89. The molecule has 0 aromatic rings. The topological polar surface area (TPSA) is 46.5 Å². The molecule has 0 spiro atoms. The van der Waals surface area contributed by atoms with Gasteiger partial charge in [-0.05, 0) is 99.7 Å². The summed E-state index contributed by atoms with van der Waals surface area (Å²) in [6.07, 6.45) is 10.4. The number of fused-ring (bicyclic) bond motifs is 5. The average molecular weight is 427 g/mol. The van der Waals surface area contributed by atoms with Crippen LogP contribution in [0.3, 0.4) is 0 Å². The van der Waals surface area contributed by atoms with Crippen molar-refractivity contribution in [1.29, 1.82) is 0 Å². The lowest BCUT2D eigenvalue weighted by Gasteiger charge is -2.61. The Kier molecular flexibility index (Phi) is 5.33. The number of halogens is 1. The number of carbonyl (C=O) groups excluding carboxylic acids is 1. The minimum Gasteiger partial charge on any atom is -0.390 e. The zero-order valence-corrected chi connectivity index (χ0v) is 18.0. The Morgan fingerprint density at radius 1 is 1.08 bits per heavy atom. The summed E-state index contributed by atoms with van der Waals surface area (Å²) in [4.78, 5) is 12.4. The Labute approximate surface area is 166 Å². The van der Waals surface area contributed by atoms with Gasteiger partial charge in [-0.25, -0.2) is 0 Å². The van der Waals surface area contributed by atoms with Crippen molar-refractivity contribution in [2.45, 2.75) is 70.3 Å². The van der Waals surface area contributed by atoms with Crippen LogP contribution in [0, 0.1) is 40.9 Å². The second kappa shape index (κ2) is 7.15. The number of ether oxygens (including phenoxy) is 1. The van der Waals surface area contributed by atoms with Crippen LogP contribution in [0.25, 0.3) is 0 Å². The van der Waals surface area contributed by atoms with Gasteiger partial charge in [0.15, 0.2) is 0 Å². The largest absolute Gasteiger partial charge is 0.390 e. The molecule has 1 N–H and O–H groups in total. The molecular formula is C22H35BrO3. The van der Waals surface area contributed by atoms with Crippen LogP contribution < -0.4 is 0 Å². The zero-order valence-electron chi connectivity index (χ0n) is 16.4. The highest BCUT2D eigenvalue weighted by atomic mass is 79.9. The Bertz CT molecular complexity index is 548. The minimum absolute atomic E-state index is 0.266. The molecular weight excluding hydrogens is 392 g/mol. The standard InChI is InChI=1S/C22H35BrO3/c1-21(25)9-10-22(13-26-2)14(11-21)3-4-17-15-5-6-18(20(24)12-23)16(15)7-8-19(17)22/h14-19,25H,3-13H2,1-2H3. The Morgan fingerprint density at radius 2 is 1.81 bits per heavy atom. The van der Waals surface area contributed by atoms with E-state index in [1.165, 1.54) is 32.1 Å². The molecule has 4 aliphatic carbocycles. The number of Topliss-reactive ketones (excluding diaryl/α,β-unsaturated/α-hetero) is 1. The van der Waals surface area contributed by atoms with E-state index in [0.29, 0.717) is 28.9 Å². The van der Waals surface area contributed by atoms with Crippen LogP contribution in [0.1, 0.15) is 64.7 Å². The van der Waals surface area contributed by atoms with E-state index >= 15 is 0 Å². The molecule has 0 amide bonds. The lowest BCUT2D eigenvalue weighted by molar-refractivity contribution is -0.165. The number of alkyl halides is 1. The van der Waals surface area contributed by atoms with Crippen molar-refractivity contribution in [3.8, 4) is 0 Å². The molecule has 0 saturated heterocycles. The van der Waals surface area contributed by atoms with Crippen molar-refractivity contribution in [3.05, 3.63) is 0 Å². The number of hydrogen-bond acceptors (Lipinski definition) is 3. The summed E-state index contributed by atoms with van der Waals surface area (Å²) >= 11 is 3.41. The van der Waals surface area contributed by atoms with E-state index in [9.17, 15) is 9.90 Å². The third-order valence-electron chi connectivity index (χ3n) is 8.93. The van der Waals surface area contributed by atoms with Crippen LogP contribution >= 0.6 is 15.9 Å². The Hall–Kier alpha value is 0.0700. The van der Waals surface area contributed by atoms with Gasteiger partial charge in [0.25, 0.3) is 0 Å². The molecule has 0 bridgehead atoms. The number of methoxy groups -OCH3 is 1. The molecule has 4 saturated carbocycles. The molecule has 26 heavy (non-hydrogen) atoms. The van der Waals surface area contributed by atoms with Gasteiger partial charge in [0.05, 0.1) is 17.5 Å². The molecule has 3 nitrogen and oxygen atoms in total. The van der Waals surface area contributed by atoms with E-state index in [2.05, 4.69) is 15.9 Å². The minimum atomic E-state index is -0.493. The predicted molar refractivity (Wildman–Crippen MR) is 106 cm³/mol. The second-order valence-corrected chi connectivity index (χ2v) is 10.7. The third kappa shape index (κ3) is 3.03. The first-order valence-corrected chi connectivity index (χ1v) is 11.8. The van der Waals surface area contributed by atoms with Crippen molar-refractivity contribution < 1.29 is 14.6 Å². The summed E-state index contributed by atoms with van der Waals surface area (Å²) in [7, 11) is 1.86. The molecule has 0 radical (unpaired) electrons. The number of hydrogen-bond donors (Lipinski definition) is 1. The lowest BCUT2D eigenvalue weighted by atomic mass is 9.45. The number of aliphatic hydroxyl groups is 1. The predicted octanol–water partition coefficient (Wildman–Crippen LogP) is 4.60. The molecule has 0 aromatic carbocycles. The summed E-state index contributed by atoms with van der Waals surface area (Å²) in [5.41, 5.74) is -0.227. The maximum Gasteiger partial charge on any atom is 0.146 e. The molecule has 8 unspecified atom stereocenters. The highest BCUT2D eigenvalue weighted by Crippen LogP contribution is 2.64. The summed E-state index contributed by atoms with van der Waals surface area (Å²) in [5.74, 6) is 4.23. The molecule has 0 aromatic heterocycles. The van der Waals surface area contributed by atoms with Gasteiger partial charge in [-0.15, -0.1) is 0 Å². The van der Waals surface area contributed by atoms with Crippen molar-refractivity contribution in [2.24, 2.45) is 40.9 Å². The van der Waals surface area contributed by atoms with Crippen molar-refractivity contribution >= 4 is 21.7 Å². The van der Waals surface area contributed by atoms with E-state index in [-0.39, 0.29) is 5.41 Å². The number of carbonyl (C=O) groups is 1. The normalized spacial score (nSPS) is 50.6. The first kappa shape index (κ1) is 19.4. The number of ketones is 1. The van der Waals surface area contributed by atoms with Gasteiger partial charge in [0, 0.05) is 13.0 Å². The van der Waals surface area contributed by atoms with Gasteiger partial charge >= 0.3 is 0 Å². The van der Waals surface area contributed by atoms with E-state index in [0.717, 1.165) is 50.0 Å². The quantitative estimate of drug-likeness (QED) is 0.668. The highest BCUT2D eigenvalue weighted by molar-refractivity contribution is 9.09. The molecule has 4 heteroatoms. The Morgan fingerprint density at radius 3 is 2.54 bits per heavy atom. The van der Waals surface area contributed by atoms with Crippen molar-refractivity contribution in [1.82, 2.24) is 0 Å². The van der Waals surface area contributed by atoms with E-state index in [1.807, 2.05) is 14.0 Å². The fraction of sp³-hybridized carbons (Fsp3) is 0.955. The lowest BCUT2D eigenvalue weighted by Crippen LogP contribution is -2.57. The molecule has 4 fully saturated rings. The summed E-state index contributed by atoms with van der Waals surface area (Å²) in [6, 6.07) is 0. The maximum absolute atomic E-state index is 12.4. The molecule has 0 heterocycles. The zero-order chi connectivity index (χ0) is 18.5. The van der Waals surface area contributed by atoms with E-state index in [1.54, 1.807) is 0 Å². The fourth-order valence-corrected chi connectivity index (χ4v) is 8.35. The highest BCUT2D eigenvalue weighted by Gasteiger charge is 2.59. The van der Waals surface area contributed by atoms with Gasteiger partial charge < -0.3 is 9.84 Å². The molecule has 4 aliphatic rings. The van der Waals surface area contributed by atoms with Crippen LogP contribution in [0.5, 0.6) is 0 Å². The summed E-state index contributed by atoms with van der Waals surface area (Å²) in [5, 5.41) is 11.2. The van der Waals surface area contributed by atoms with Crippen molar-refractivity contribution in [3.63, 3.8) is 0 Å². The van der Waals surface area contributed by atoms with Gasteiger partial charge in [0.1, 0.15) is 5.78 Å². The second-order valence-electron chi connectivity index (χ2n) is 10.1. The van der Waals surface area contributed by atoms with Gasteiger partial charge in [-0.2, -0.15) is 0 Å².